The smallest absolute Gasteiger partial charge is 0.407 e. The minimum atomic E-state index is -1.44. The molecular formula is C25H30N2O6. The van der Waals surface area contributed by atoms with Crippen molar-refractivity contribution in [2.75, 3.05) is 27.4 Å². The van der Waals surface area contributed by atoms with Crippen LogP contribution in [0.1, 0.15) is 37.3 Å². The van der Waals surface area contributed by atoms with Gasteiger partial charge in [-0.15, -0.1) is 0 Å². The second-order valence-electron chi connectivity index (χ2n) is 8.57. The predicted molar refractivity (Wildman–Crippen MR) is 123 cm³/mol. The number of aliphatic carboxylic acids is 1. The molecule has 0 fully saturated rings. The Hall–Kier alpha value is -3.39. The van der Waals surface area contributed by atoms with E-state index in [0.717, 1.165) is 27.2 Å². The summed E-state index contributed by atoms with van der Waals surface area (Å²) in [5.41, 5.74) is 2.97. The molecule has 8 heteroatoms. The number of rotatable bonds is 9. The van der Waals surface area contributed by atoms with Crippen molar-refractivity contribution in [1.82, 2.24) is 10.2 Å². The number of benzene rings is 2. The van der Waals surface area contributed by atoms with Crippen LogP contribution < -0.4 is 5.32 Å². The summed E-state index contributed by atoms with van der Waals surface area (Å²) in [7, 11) is 2.88. The van der Waals surface area contributed by atoms with E-state index in [2.05, 4.69) is 5.32 Å². The number of carboxylic acid groups (broad SMARTS) is 1. The lowest BCUT2D eigenvalue weighted by Gasteiger charge is -2.34. The SMILES string of the molecule is COCCC(NC(=O)OCC1c2ccccc2-c2ccccc21)C(=O)N(C)C(C)(C)C(=O)O. The molecular weight excluding hydrogens is 424 g/mol. The fourth-order valence-electron chi connectivity index (χ4n) is 3.93. The van der Waals surface area contributed by atoms with E-state index in [4.69, 9.17) is 9.47 Å². The van der Waals surface area contributed by atoms with E-state index >= 15 is 0 Å². The molecule has 176 valence electrons. The van der Waals surface area contributed by atoms with Gasteiger partial charge in [0.25, 0.3) is 0 Å². The Bertz CT molecular complexity index is 990. The fourth-order valence-corrected chi connectivity index (χ4v) is 3.93. The largest absolute Gasteiger partial charge is 0.480 e. The first kappa shape index (κ1) is 24.3. The number of carboxylic acids is 1. The zero-order chi connectivity index (χ0) is 24.2. The summed E-state index contributed by atoms with van der Waals surface area (Å²) >= 11 is 0. The van der Waals surface area contributed by atoms with Crippen molar-refractivity contribution in [3.8, 4) is 11.1 Å². The van der Waals surface area contributed by atoms with Gasteiger partial charge < -0.3 is 24.8 Å². The quantitative estimate of drug-likeness (QED) is 0.603. The molecule has 1 unspecified atom stereocenters. The van der Waals surface area contributed by atoms with Crippen LogP contribution in [0.3, 0.4) is 0 Å². The van der Waals surface area contributed by atoms with E-state index in [1.165, 1.54) is 28.0 Å². The van der Waals surface area contributed by atoms with Gasteiger partial charge in [0.15, 0.2) is 0 Å². The van der Waals surface area contributed by atoms with Crippen molar-refractivity contribution in [1.29, 1.82) is 0 Å². The molecule has 0 aromatic heterocycles. The fraction of sp³-hybridized carbons (Fsp3) is 0.400. The monoisotopic (exact) mass is 454 g/mol. The van der Waals surface area contributed by atoms with Crippen LogP contribution in [0.2, 0.25) is 0 Å². The van der Waals surface area contributed by atoms with Crippen LogP contribution in [-0.2, 0) is 19.1 Å². The summed E-state index contributed by atoms with van der Waals surface area (Å²) in [6.45, 7) is 3.17. The first-order chi connectivity index (χ1) is 15.7. The summed E-state index contributed by atoms with van der Waals surface area (Å²) in [5, 5.41) is 12.0. The summed E-state index contributed by atoms with van der Waals surface area (Å²) in [6.07, 6.45) is -0.563. The topological polar surface area (TPSA) is 105 Å². The molecule has 0 saturated carbocycles. The number of hydrogen-bond acceptors (Lipinski definition) is 5. The van der Waals surface area contributed by atoms with Gasteiger partial charge in [0, 0.05) is 33.1 Å². The summed E-state index contributed by atoms with van der Waals surface area (Å²) in [4.78, 5) is 38.3. The molecule has 1 aliphatic carbocycles. The van der Waals surface area contributed by atoms with Gasteiger partial charge in [0.1, 0.15) is 18.2 Å². The molecule has 33 heavy (non-hydrogen) atoms. The average Bonchev–Trinajstić information content (AvgIpc) is 3.13. The lowest BCUT2D eigenvalue weighted by molar-refractivity contribution is -0.156. The molecule has 2 aromatic carbocycles. The van der Waals surface area contributed by atoms with Gasteiger partial charge in [-0.3, -0.25) is 4.79 Å². The zero-order valence-corrected chi connectivity index (χ0v) is 19.3. The van der Waals surface area contributed by atoms with Gasteiger partial charge in [0.05, 0.1) is 0 Å². The number of methoxy groups -OCH3 is 1. The maximum atomic E-state index is 13.0. The van der Waals surface area contributed by atoms with Gasteiger partial charge in [-0.1, -0.05) is 48.5 Å². The van der Waals surface area contributed by atoms with Gasteiger partial charge in [-0.05, 0) is 36.1 Å². The Morgan fingerprint density at radius 2 is 1.61 bits per heavy atom. The van der Waals surface area contributed by atoms with Crippen molar-refractivity contribution >= 4 is 18.0 Å². The van der Waals surface area contributed by atoms with E-state index in [0.29, 0.717) is 0 Å². The van der Waals surface area contributed by atoms with E-state index in [1.807, 2.05) is 48.5 Å². The number of hydrogen-bond donors (Lipinski definition) is 2. The number of alkyl carbamates (subject to hydrolysis) is 1. The van der Waals surface area contributed by atoms with Crippen molar-refractivity contribution in [3.63, 3.8) is 0 Å². The maximum Gasteiger partial charge on any atom is 0.407 e. The third-order valence-corrected chi connectivity index (χ3v) is 6.24. The average molecular weight is 455 g/mol. The Morgan fingerprint density at radius 1 is 1.06 bits per heavy atom. The van der Waals surface area contributed by atoms with E-state index in [1.54, 1.807) is 0 Å². The van der Waals surface area contributed by atoms with Gasteiger partial charge in [0.2, 0.25) is 5.91 Å². The van der Waals surface area contributed by atoms with Crippen molar-refractivity contribution < 1.29 is 29.0 Å². The molecule has 0 bridgehead atoms. The van der Waals surface area contributed by atoms with E-state index < -0.39 is 29.6 Å². The Balaban J connectivity index is 1.70. The summed E-state index contributed by atoms with van der Waals surface area (Å²) in [6, 6.07) is 15.0. The van der Waals surface area contributed by atoms with E-state index in [-0.39, 0.29) is 25.6 Å². The van der Waals surface area contributed by atoms with Crippen molar-refractivity contribution in [2.24, 2.45) is 0 Å². The second kappa shape index (κ2) is 10.0. The maximum absolute atomic E-state index is 13.0. The minimum Gasteiger partial charge on any atom is -0.480 e. The number of amides is 2. The standard InChI is InChI=1S/C25H30N2O6/c1-25(2,23(29)30)27(3)22(28)21(13-14-32-4)26-24(31)33-15-20-18-11-7-5-9-16(18)17-10-6-8-12-19(17)20/h5-12,20-21H,13-15H2,1-4H3,(H,26,31)(H,29,30). The highest BCUT2D eigenvalue weighted by Crippen LogP contribution is 2.44. The van der Waals surface area contributed by atoms with Crippen LogP contribution in [0.15, 0.2) is 48.5 Å². The summed E-state index contributed by atoms with van der Waals surface area (Å²) in [5.74, 6) is -1.79. The van der Waals surface area contributed by atoms with Gasteiger partial charge >= 0.3 is 12.1 Å². The number of fused-ring (bicyclic) bond motifs is 3. The third-order valence-electron chi connectivity index (χ3n) is 6.24. The highest BCUT2D eigenvalue weighted by molar-refractivity contribution is 5.90. The van der Waals surface area contributed by atoms with Crippen LogP contribution in [0.25, 0.3) is 11.1 Å². The molecule has 0 saturated heterocycles. The lowest BCUT2D eigenvalue weighted by atomic mass is 9.98. The highest BCUT2D eigenvalue weighted by atomic mass is 16.5. The van der Waals surface area contributed by atoms with Crippen LogP contribution in [0.4, 0.5) is 4.79 Å². The number of nitrogens with zero attached hydrogens (tertiary/aromatic N) is 1. The number of likely N-dealkylation sites (N-methyl/N-ethyl adjacent to an activating group) is 1. The predicted octanol–water partition coefficient (Wildman–Crippen LogP) is 3.25. The normalized spacial score (nSPS) is 13.6. The van der Waals surface area contributed by atoms with Gasteiger partial charge in [-0.25, -0.2) is 9.59 Å². The van der Waals surface area contributed by atoms with Crippen LogP contribution >= 0.6 is 0 Å². The number of ether oxygens (including phenoxy) is 2. The van der Waals surface area contributed by atoms with Crippen molar-refractivity contribution in [3.05, 3.63) is 59.7 Å². The Kier molecular flexibility index (Phi) is 7.38. The summed E-state index contributed by atoms with van der Waals surface area (Å²) < 4.78 is 10.6. The van der Waals surface area contributed by atoms with Crippen LogP contribution in [0, 0.1) is 0 Å². The van der Waals surface area contributed by atoms with E-state index in [9.17, 15) is 19.5 Å². The van der Waals surface area contributed by atoms with Crippen molar-refractivity contribution in [2.45, 2.75) is 37.8 Å². The number of carbonyl (C=O) groups excluding carboxylic acids is 2. The number of nitrogens with one attached hydrogen (secondary N) is 1. The Morgan fingerprint density at radius 3 is 2.12 bits per heavy atom. The lowest BCUT2D eigenvalue weighted by Crippen LogP contribution is -2.57. The molecule has 0 radical (unpaired) electrons. The van der Waals surface area contributed by atoms with Gasteiger partial charge in [-0.2, -0.15) is 0 Å². The minimum absolute atomic E-state index is 0.107. The molecule has 8 nitrogen and oxygen atoms in total. The molecule has 2 aromatic rings. The molecule has 0 aliphatic heterocycles. The Labute approximate surface area is 193 Å². The molecule has 2 N–H and O–H groups in total. The second-order valence-corrected chi connectivity index (χ2v) is 8.57. The number of carbonyl (C=O) groups is 3. The molecule has 3 rings (SSSR count). The zero-order valence-electron chi connectivity index (χ0n) is 19.3. The highest BCUT2D eigenvalue weighted by Gasteiger charge is 2.38. The third kappa shape index (κ3) is 5.01. The molecule has 1 atom stereocenters. The van der Waals surface area contributed by atoms with Crippen LogP contribution in [0.5, 0.6) is 0 Å². The van der Waals surface area contributed by atoms with Crippen LogP contribution in [-0.4, -0.2) is 66.9 Å². The first-order valence-electron chi connectivity index (χ1n) is 10.8. The molecule has 2 amide bonds. The molecule has 1 aliphatic rings. The molecule has 0 spiro atoms. The molecule has 0 heterocycles. The first-order valence-corrected chi connectivity index (χ1v) is 10.8.